The second-order valence-electron chi connectivity index (χ2n) is 8.48. The number of hydrogen-bond acceptors (Lipinski definition) is 3. The van der Waals surface area contributed by atoms with E-state index in [-0.39, 0.29) is 30.2 Å². The van der Waals surface area contributed by atoms with E-state index in [0.29, 0.717) is 18.4 Å². The molecule has 2 aromatic rings. The van der Waals surface area contributed by atoms with Crippen LogP contribution in [0.3, 0.4) is 0 Å². The van der Waals surface area contributed by atoms with Gasteiger partial charge in [-0.15, -0.1) is 0 Å². The van der Waals surface area contributed by atoms with Gasteiger partial charge in [0.25, 0.3) is 0 Å². The smallest absolute Gasteiger partial charge is 0.223 e. The fourth-order valence-electron chi connectivity index (χ4n) is 5.24. The molecule has 0 radical (unpaired) electrons. The molecule has 1 heterocycles. The lowest BCUT2D eigenvalue weighted by molar-refractivity contribution is -0.125. The van der Waals surface area contributed by atoms with E-state index in [0.717, 1.165) is 23.2 Å². The van der Waals surface area contributed by atoms with Gasteiger partial charge in [0, 0.05) is 24.2 Å². The van der Waals surface area contributed by atoms with Crippen LogP contribution in [0.4, 0.5) is 4.39 Å². The Hall–Kier alpha value is -2.53. The van der Waals surface area contributed by atoms with Crippen LogP contribution < -0.4 is 5.32 Å². The second-order valence-corrected chi connectivity index (χ2v) is 8.48. The number of aromatic nitrogens is 1. The molecular formula is C25H29FN2O2. The standard InChI is InChI=1S/C25H29FN2O2/c26-20-6-3-5-17(14-20)19-8-9-21(28-16-19)10-11-23-22-7-2-1-4-18(22)15-24(23)25(30)27-12-13-29/h3,5-6,8-11,14,16,18,22-24,29H,1-2,4,7,12-13,15H2,(H,27,30)/t18-,22-,23+,24+/m1/s1. The highest BCUT2D eigenvalue weighted by atomic mass is 19.1. The van der Waals surface area contributed by atoms with Crippen molar-refractivity contribution in [1.82, 2.24) is 10.3 Å². The minimum absolute atomic E-state index is 0.0343. The molecule has 1 aromatic heterocycles. The van der Waals surface area contributed by atoms with E-state index in [1.54, 1.807) is 12.3 Å². The quantitative estimate of drug-likeness (QED) is 0.742. The van der Waals surface area contributed by atoms with Gasteiger partial charge in [0.2, 0.25) is 5.91 Å². The van der Waals surface area contributed by atoms with Crippen LogP contribution in [0.15, 0.2) is 48.7 Å². The van der Waals surface area contributed by atoms with E-state index in [9.17, 15) is 9.18 Å². The number of allylic oxidation sites excluding steroid dienone is 1. The maximum absolute atomic E-state index is 13.5. The van der Waals surface area contributed by atoms with Gasteiger partial charge in [-0.25, -0.2) is 4.39 Å². The highest BCUT2D eigenvalue weighted by Gasteiger charge is 2.45. The van der Waals surface area contributed by atoms with Crippen molar-refractivity contribution in [2.75, 3.05) is 13.2 Å². The number of rotatable bonds is 6. The molecular weight excluding hydrogens is 379 g/mol. The summed E-state index contributed by atoms with van der Waals surface area (Å²) < 4.78 is 13.5. The van der Waals surface area contributed by atoms with Crippen LogP contribution in [-0.2, 0) is 4.79 Å². The Morgan fingerprint density at radius 3 is 2.83 bits per heavy atom. The third kappa shape index (κ3) is 4.62. The average molecular weight is 409 g/mol. The molecule has 2 aliphatic rings. The zero-order chi connectivity index (χ0) is 20.9. The van der Waals surface area contributed by atoms with Crippen molar-refractivity contribution in [2.24, 2.45) is 23.7 Å². The van der Waals surface area contributed by atoms with Crippen LogP contribution in [0.1, 0.15) is 37.8 Å². The Bertz CT molecular complexity index is 896. The van der Waals surface area contributed by atoms with E-state index < -0.39 is 0 Å². The van der Waals surface area contributed by atoms with Gasteiger partial charge in [-0.1, -0.05) is 43.5 Å². The topological polar surface area (TPSA) is 62.2 Å². The third-order valence-corrected chi connectivity index (χ3v) is 6.66. The number of fused-ring (bicyclic) bond motifs is 1. The molecule has 1 amide bonds. The van der Waals surface area contributed by atoms with Gasteiger partial charge < -0.3 is 10.4 Å². The predicted molar refractivity (Wildman–Crippen MR) is 116 cm³/mol. The minimum Gasteiger partial charge on any atom is -0.395 e. The van der Waals surface area contributed by atoms with E-state index >= 15 is 0 Å². The van der Waals surface area contributed by atoms with Crippen LogP contribution >= 0.6 is 0 Å². The van der Waals surface area contributed by atoms with E-state index in [4.69, 9.17) is 5.11 Å². The lowest BCUT2D eigenvalue weighted by atomic mass is 9.77. The van der Waals surface area contributed by atoms with Crippen LogP contribution in [-0.4, -0.2) is 29.1 Å². The lowest BCUT2D eigenvalue weighted by Crippen LogP contribution is -2.35. The number of halogens is 1. The molecule has 4 atom stereocenters. The SMILES string of the molecule is O=C(NCCO)[C@H]1C[C@H]2CCCC[C@H]2[C@@H]1C=Cc1ccc(-c2cccc(F)c2)cn1. The predicted octanol–water partition coefficient (Wildman–Crippen LogP) is 4.45. The molecule has 2 fully saturated rings. The normalized spacial score (nSPS) is 25.9. The number of nitrogens with one attached hydrogen (secondary N) is 1. The Kier molecular flexibility index (Phi) is 6.58. The Morgan fingerprint density at radius 2 is 2.07 bits per heavy atom. The summed E-state index contributed by atoms with van der Waals surface area (Å²) >= 11 is 0. The molecule has 0 unspecified atom stereocenters. The number of hydrogen-bond donors (Lipinski definition) is 2. The number of nitrogens with zero attached hydrogens (tertiary/aromatic N) is 1. The maximum Gasteiger partial charge on any atom is 0.223 e. The number of benzene rings is 1. The van der Waals surface area contributed by atoms with E-state index in [1.807, 2.05) is 24.3 Å². The molecule has 4 rings (SSSR count). The monoisotopic (exact) mass is 408 g/mol. The zero-order valence-corrected chi connectivity index (χ0v) is 17.1. The minimum atomic E-state index is -0.259. The molecule has 0 saturated heterocycles. The second kappa shape index (κ2) is 9.52. The molecule has 0 bridgehead atoms. The number of amides is 1. The fraction of sp³-hybridized carbons (Fsp3) is 0.440. The zero-order valence-electron chi connectivity index (χ0n) is 17.1. The van der Waals surface area contributed by atoms with Crippen LogP contribution in [0.25, 0.3) is 17.2 Å². The van der Waals surface area contributed by atoms with Crippen LogP contribution in [0.5, 0.6) is 0 Å². The highest BCUT2D eigenvalue weighted by Crippen LogP contribution is 2.49. The number of aliphatic hydroxyl groups is 1. The lowest BCUT2D eigenvalue weighted by Gasteiger charge is -2.28. The van der Waals surface area contributed by atoms with Gasteiger partial charge in [0.15, 0.2) is 0 Å². The van der Waals surface area contributed by atoms with Gasteiger partial charge in [-0.3, -0.25) is 9.78 Å². The van der Waals surface area contributed by atoms with Gasteiger partial charge in [-0.2, -0.15) is 0 Å². The first-order valence-corrected chi connectivity index (χ1v) is 10.9. The number of carbonyl (C=O) groups excluding carboxylic acids is 1. The molecule has 0 aliphatic heterocycles. The first-order valence-electron chi connectivity index (χ1n) is 10.9. The molecule has 2 saturated carbocycles. The first-order chi connectivity index (χ1) is 14.7. The van der Waals surface area contributed by atoms with Crippen molar-refractivity contribution >= 4 is 12.0 Å². The first kappa shape index (κ1) is 20.7. The van der Waals surface area contributed by atoms with Crippen LogP contribution in [0.2, 0.25) is 0 Å². The summed E-state index contributed by atoms with van der Waals surface area (Å²) in [5, 5.41) is 11.9. The number of pyridine rings is 1. The van der Waals surface area contributed by atoms with Gasteiger partial charge in [0.1, 0.15) is 5.82 Å². The molecule has 2 aliphatic carbocycles. The summed E-state index contributed by atoms with van der Waals surface area (Å²) in [4.78, 5) is 17.2. The van der Waals surface area contributed by atoms with Gasteiger partial charge in [0.05, 0.1) is 12.3 Å². The largest absolute Gasteiger partial charge is 0.395 e. The summed E-state index contributed by atoms with van der Waals surface area (Å²) in [5.41, 5.74) is 2.52. The summed E-state index contributed by atoms with van der Waals surface area (Å²) in [6.07, 6.45) is 11.8. The van der Waals surface area contributed by atoms with Crippen molar-refractivity contribution in [3.63, 3.8) is 0 Å². The summed E-state index contributed by atoms with van der Waals surface area (Å²) in [5.74, 6) is 1.13. The Morgan fingerprint density at radius 1 is 1.20 bits per heavy atom. The van der Waals surface area contributed by atoms with Crippen molar-refractivity contribution in [1.29, 1.82) is 0 Å². The Balaban J connectivity index is 1.50. The van der Waals surface area contributed by atoms with Crippen molar-refractivity contribution < 1.29 is 14.3 Å². The van der Waals surface area contributed by atoms with Gasteiger partial charge in [-0.05, 0) is 60.4 Å². The maximum atomic E-state index is 13.5. The van der Waals surface area contributed by atoms with E-state index in [2.05, 4.69) is 16.4 Å². The number of aliphatic hydroxyl groups excluding tert-OH is 1. The third-order valence-electron chi connectivity index (χ3n) is 6.66. The molecule has 4 nitrogen and oxygen atoms in total. The van der Waals surface area contributed by atoms with Gasteiger partial charge >= 0.3 is 0 Å². The highest BCUT2D eigenvalue weighted by molar-refractivity contribution is 5.80. The molecule has 0 spiro atoms. The Labute approximate surface area is 177 Å². The molecule has 5 heteroatoms. The molecule has 158 valence electrons. The number of carbonyl (C=O) groups is 1. The van der Waals surface area contributed by atoms with E-state index in [1.165, 1.54) is 37.8 Å². The van der Waals surface area contributed by atoms with Crippen molar-refractivity contribution in [2.45, 2.75) is 32.1 Å². The van der Waals surface area contributed by atoms with Crippen LogP contribution in [0, 0.1) is 29.5 Å². The molecule has 1 aromatic carbocycles. The summed E-state index contributed by atoms with van der Waals surface area (Å²) in [6, 6.07) is 10.4. The van der Waals surface area contributed by atoms with Crippen molar-refractivity contribution in [3.8, 4) is 11.1 Å². The fourth-order valence-corrected chi connectivity index (χ4v) is 5.24. The molecule has 30 heavy (non-hydrogen) atoms. The average Bonchev–Trinajstić information content (AvgIpc) is 3.15. The van der Waals surface area contributed by atoms with Crippen molar-refractivity contribution in [3.05, 3.63) is 60.2 Å². The molecule has 2 N–H and O–H groups in total. The summed E-state index contributed by atoms with van der Waals surface area (Å²) in [7, 11) is 0. The summed E-state index contributed by atoms with van der Waals surface area (Å²) in [6.45, 7) is 0.275.